The fourth-order valence-corrected chi connectivity index (χ4v) is 1.48. The van der Waals surface area contributed by atoms with Crippen LogP contribution in [-0.4, -0.2) is 18.0 Å². The smallest absolute Gasteiger partial charge is 0.238 e. The van der Waals surface area contributed by atoms with Gasteiger partial charge in [-0.3, -0.25) is 4.79 Å². The van der Waals surface area contributed by atoms with Crippen LogP contribution in [0.3, 0.4) is 0 Å². The highest BCUT2D eigenvalue weighted by Gasteiger charge is 2.24. The maximum Gasteiger partial charge on any atom is 0.238 e. The van der Waals surface area contributed by atoms with E-state index in [9.17, 15) is 4.79 Å². The Morgan fingerprint density at radius 2 is 2.36 bits per heavy atom. The molecule has 1 rings (SSSR count). The Morgan fingerprint density at radius 3 is 2.86 bits per heavy atom. The van der Waals surface area contributed by atoms with Crippen LogP contribution in [0.2, 0.25) is 0 Å². The highest BCUT2D eigenvalue weighted by molar-refractivity contribution is 5.82. The number of hydrogen-bond acceptors (Lipinski definition) is 2. The van der Waals surface area contributed by atoms with Gasteiger partial charge < -0.3 is 11.1 Å². The summed E-state index contributed by atoms with van der Waals surface area (Å²) >= 11 is 0. The van der Waals surface area contributed by atoms with Crippen LogP contribution in [0.15, 0.2) is 0 Å². The Morgan fingerprint density at radius 1 is 1.71 bits per heavy atom. The van der Waals surface area contributed by atoms with Gasteiger partial charge in [0.1, 0.15) is 0 Å². The molecule has 0 aromatic rings. The van der Waals surface area contributed by atoms with Crippen molar-refractivity contribution in [2.24, 2.45) is 11.7 Å². The van der Waals surface area contributed by atoms with Crippen LogP contribution in [0.1, 0.15) is 32.6 Å². The van der Waals surface area contributed by atoms with Gasteiger partial charge >= 0.3 is 0 Å². The second-order valence-corrected chi connectivity index (χ2v) is 4.10. The van der Waals surface area contributed by atoms with Gasteiger partial charge in [-0.1, -0.05) is 12.8 Å². The summed E-state index contributed by atoms with van der Waals surface area (Å²) in [6, 6.07) is -0.333. The topological polar surface area (TPSA) is 55.1 Å². The third kappa shape index (κ3) is 3.80. The van der Waals surface area contributed by atoms with Gasteiger partial charge in [0, 0.05) is 12.5 Å². The molecule has 2 unspecified atom stereocenters. The zero-order valence-electron chi connectivity index (χ0n) is 8.62. The monoisotopic (exact) mass is 194 g/mol. The van der Waals surface area contributed by atoms with Crippen molar-refractivity contribution >= 4 is 5.91 Å². The molecule has 0 saturated heterocycles. The fraction of sp³-hybridized carbons (Fsp3) is 0.727. The molecule has 3 nitrogen and oxygen atoms in total. The summed E-state index contributed by atoms with van der Waals surface area (Å²) in [6.07, 6.45) is 9.05. The zero-order chi connectivity index (χ0) is 10.6. The molecule has 0 aliphatic heterocycles. The minimum absolute atomic E-state index is 0.129. The molecule has 1 aliphatic carbocycles. The van der Waals surface area contributed by atoms with E-state index < -0.39 is 6.04 Å². The maximum absolute atomic E-state index is 11.4. The molecule has 2 atom stereocenters. The van der Waals surface area contributed by atoms with Crippen molar-refractivity contribution in [3.63, 3.8) is 0 Å². The van der Waals surface area contributed by atoms with Crippen molar-refractivity contribution in [2.75, 3.05) is 0 Å². The SMILES string of the molecule is C#CCC(N)C(=O)NC(C)CC1CC1. The van der Waals surface area contributed by atoms with Gasteiger partial charge in [0.2, 0.25) is 5.91 Å². The molecule has 1 saturated carbocycles. The third-order valence-corrected chi connectivity index (χ3v) is 2.45. The quantitative estimate of drug-likeness (QED) is 0.631. The highest BCUT2D eigenvalue weighted by Crippen LogP contribution is 2.33. The summed E-state index contributed by atoms with van der Waals surface area (Å²) in [6.45, 7) is 2.01. The van der Waals surface area contributed by atoms with Gasteiger partial charge in [0.15, 0.2) is 0 Å². The predicted molar refractivity (Wildman–Crippen MR) is 56.4 cm³/mol. The van der Waals surface area contributed by atoms with E-state index in [0.717, 1.165) is 12.3 Å². The number of rotatable bonds is 5. The van der Waals surface area contributed by atoms with Crippen LogP contribution in [0.25, 0.3) is 0 Å². The molecule has 0 aromatic carbocycles. The molecule has 1 amide bonds. The van der Waals surface area contributed by atoms with Gasteiger partial charge in [-0.05, 0) is 19.3 Å². The van der Waals surface area contributed by atoms with Gasteiger partial charge in [0.05, 0.1) is 6.04 Å². The lowest BCUT2D eigenvalue weighted by Crippen LogP contribution is -2.44. The molecule has 0 heterocycles. The first kappa shape index (κ1) is 11.1. The first-order chi connectivity index (χ1) is 6.63. The normalized spacial score (nSPS) is 19.5. The minimum Gasteiger partial charge on any atom is -0.352 e. The number of carbonyl (C=O) groups excluding carboxylic acids is 1. The number of nitrogens with one attached hydrogen (secondary N) is 1. The molecule has 0 radical (unpaired) electrons. The largest absolute Gasteiger partial charge is 0.352 e. The summed E-state index contributed by atoms with van der Waals surface area (Å²) in [5, 5.41) is 2.88. The Hall–Kier alpha value is -1.01. The number of hydrogen-bond donors (Lipinski definition) is 2. The second kappa shape index (κ2) is 5.02. The molecule has 3 heteroatoms. The number of carbonyl (C=O) groups is 1. The van der Waals surface area contributed by atoms with Gasteiger partial charge in [-0.15, -0.1) is 12.3 Å². The van der Waals surface area contributed by atoms with Crippen LogP contribution in [0, 0.1) is 18.3 Å². The lowest BCUT2D eigenvalue weighted by Gasteiger charge is -2.15. The average molecular weight is 194 g/mol. The molecule has 0 spiro atoms. The first-order valence-electron chi connectivity index (χ1n) is 5.13. The lowest BCUT2D eigenvalue weighted by molar-refractivity contribution is -0.122. The molecular formula is C11H18N2O. The standard InChI is InChI=1S/C11H18N2O/c1-3-4-10(12)11(14)13-8(2)7-9-5-6-9/h1,8-10H,4-7,12H2,2H3,(H,13,14). The van der Waals surface area contributed by atoms with Crippen molar-refractivity contribution in [3.8, 4) is 12.3 Å². The summed E-state index contributed by atoms with van der Waals surface area (Å²) in [5.74, 6) is 3.07. The second-order valence-electron chi connectivity index (χ2n) is 4.10. The van der Waals surface area contributed by atoms with Crippen LogP contribution in [-0.2, 0) is 4.79 Å². The van der Waals surface area contributed by atoms with Crippen molar-refractivity contribution in [2.45, 2.75) is 44.7 Å². The van der Waals surface area contributed by atoms with E-state index in [1.807, 2.05) is 6.92 Å². The van der Waals surface area contributed by atoms with Gasteiger partial charge in [-0.2, -0.15) is 0 Å². The lowest BCUT2D eigenvalue weighted by atomic mass is 10.1. The van der Waals surface area contributed by atoms with Crippen molar-refractivity contribution in [1.29, 1.82) is 0 Å². The molecule has 1 fully saturated rings. The Kier molecular flexibility index (Phi) is 3.97. The fourth-order valence-electron chi connectivity index (χ4n) is 1.48. The van der Waals surface area contributed by atoms with E-state index in [0.29, 0.717) is 6.42 Å². The van der Waals surface area contributed by atoms with Crippen LogP contribution in [0.5, 0.6) is 0 Å². The molecule has 0 aromatic heterocycles. The Labute approximate surface area is 85.4 Å². The molecule has 0 bridgehead atoms. The number of terminal acetylenes is 1. The van der Waals surface area contributed by atoms with E-state index in [2.05, 4.69) is 11.2 Å². The molecule has 78 valence electrons. The van der Waals surface area contributed by atoms with Crippen molar-refractivity contribution in [1.82, 2.24) is 5.32 Å². The van der Waals surface area contributed by atoms with E-state index in [1.165, 1.54) is 12.8 Å². The van der Waals surface area contributed by atoms with Crippen molar-refractivity contribution in [3.05, 3.63) is 0 Å². The Balaban J connectivity index is 2.20. The van der Waals surface area contributed by atoms with Crippen LogP contribution >= 0.6 is 0 Å². The molecule has 3 N–H and O–H groups in total. The van der Waals surface area contributed by atoms with E-state index >= 15 is 0 Å². The predicted octanol–water partition coefficient (Wildman–Crippen LogP) is 0.642. The molecular weight excluding hydrogens is 176 g/mol. The summed E-state index contributed by atoms with van der Waals surface area (Å²) < 4.78 is 0. The Bertz CT molecular complexity index is 240. The maximum atomic E-state index is 11.4. The number of nitrogens with two attached hydrogens (primary N) is 1. The molecule has 14 heavy (non-hydrogen) atoms. The van der Waals surface area contributed by atoms with E-state index in [1.54, 1.807) is 0 Å². The zero-order valence-corrected chi connectivity index (χ0v) is 8.62. The summed E-state index contributed by atoms with van der Waals surface area (Å²) in [4.78, 5) is 11.4. The molecule has 1 aliphatic rings. The average Bonchev–Trinajstić information content (AvgIpc) is 2.88. The van der Waals surface area contributed by atoms with Crippen LogP contribution < -0.4 is 11.1 Å². The number of amides is 1. The van der Waals surface area contributed by atoms with Crippen LogP contribution in [0.4, 0.5) is 0 Å². The first-order valence-corrected chi connectivity index (χ1v) is 5.13. The highest BCUT2D eigenvalue weighted by atomic mass is 16.2. The van der Waals surface area contributed by atoms with Crippen molar-refractivity contribution < 1.29 is 4.79 Å². The summed E-state index contributed by atoms with van der Waals surface area (Å²) in [7, 11) is 0. The van der Waals surface area contributed by atoms with E-state index in [-0.39, 0.29) is 11.9 Å². The minimum atomic E-state index is -0.554. The summed E-state index contributed by atoms with van der Waals surface area (Å²) in [5.41, 5.74) is 5.57. The third-order valence-electron chi connectivity index (χ3n) is 2.45. The van der Waals surface area contributed by atoms with Gasteiger partial charge in [-0.25, -0.2) is 0 Å². The van der Waals surface area contributed by atoms with E-state index in [4.69, 9.17) is 12.2 Å². The van der Waals surface area contributed by atoms with Gasteiger partial charge in [0.25, 0.3) is 0 Å².